The van der Waals surface area contributed by atoms with Crippen molar-refractivity contribution in [2.75, 3.05) is 0 Å². The lowest BCUT2D eigenvalue weighted by Gasteiger charge is -2.13. The lowest BCUT2D eigenvalue weighted by atomic mass is 9.98. The standard InChI is InChI=1S/C14H10ClF3/c15-9-10-4-3-5-11(8-10)12-6-1-2-7-13(12)14(16,17)18/h1-8H,9H2. The smallest absolute Gasteiger partial charge is 0.166 e. The Morgan fingerprint density at radius 3 is 2.33 bits per heavy atom. The summed E-state index contributed by atoms with van der Waals surface area (Å²) >= 11 is 5.69. The minimum Gasteiger partial charge on any atom is -0.166 e. The summed E-state index contributed by atoms with van der Waals surface area (Å²) in [5, 5.41) is 0. The van der Waals surface area contributed by atoms with Gasteiger partial charge in [-0.25, -0.2) is 0 Å². The highest BCUT2D eigenvalue weighted by atomic mass is 35.5. The zero-order chi connectivity index (χ0) is 13.2. The van der Waals surface area contributed by atoms with Crippen molar-refractivity contribution in [1.82, 2.24) is 0 Å². The summed E-state index contributed by atoms with van der Waals surface area (Å²) in [6.45, 7) is 0. The third-order valence-corrected chi connectivity index (χ3v) is 2.93. The molecule has 0 heterocycles. The van der Waals surface area contributed by atoms with E-state index in [1.165, 1.54) is 12.1 Å². The normalized spacial score (nSPS) is 11.6. The lowest BCUT2D eigenvalue weighted by Crippen LogP contribution is -2.06. The van der Waals surface area contributed by atoms with E-state index in [1.807, 2.05) is 0 Å². The molecule has 0 unspecified atom stereocenters. The predicted octanol–water partition coefficient (Wildman–Crippen LogP) is 5.11. The van der Waals surface area contributed by atoms with Crippen molar-refractivity contribution >= 4 is 11.6 Å². The molecule has 0 spiro atoms. The van der Waals surface area contributed by atoms with Crippen LogP contribution in [0.1, 0.15) is 11.1 Å². The van der Waals surface area contributed by atoms with Crippen molar-refractivity contribution in [1.29, 1.82) is 0 Å². The Balaban J connectivity index is 2.57. The Hall–Kier alpha value is -1.48. The fraction of sp³-hybridized carbons (Fsp3) is 0.143. The molecular weight excluding hydrogens is 261 g/mol. The van der Waals surface area contributed by atoms with Crippen molar-refractivity contribution in [3.8, 4) is 11.1 Å². The van der Waals surface area contributed by atoms with Crippen LogP contribution in [0.15, 0.2) is 48.5 Å². The van der Waals surface area contributed by atoms with Gasteiger partial charge >= 0.3 is 6.18 Å². The Morgan fingerprint density at radius 2 is 1.67 bits per heavy atom. The van der Waals surface area contributed by atoms with Crippen LogP contribution in [-0.2, 0) is 12.1 Å². The number of rotatable bonds is 2. The van der Waals surface area contributed by atoms with Crippen molar-refractivity contribution in [3.63, 3.8) is 0 Å². The molecule has 0 aliphatic heterocycles. The molecule has 0 aromatic heterocycles. The number of alkyl halides is 4. The average Bonchev–Trinajstić information content (AvgIpc) is 2.38. The molecule has 94 valence electrons. The zero-order valence-corrected chi connectivity index (χ0v) is 10.1. The van der Waals surface area contributed by atoms with Crippen LogP contribution in [0.3, 0.4) is 0 Å². The third-order valence-electron chi connectivity index (χ3n) is 2.62. The van der Waals surface area contributed by atoms with E-state index in [1.54, 1.807) is 30.3 Å². The fourth-order valence-corrected chi connectivity index (χ4v) is 1.97. The minimum atomic E-state index is -4.35. The molecule has 0 saturated heterocycles. The first-order valence-corrected chi connectivity index (χ1v) is 5.87. The molecule has 2 aromatic carbocycles. The average molecular weight is 271 g/mol. The maximum absolute atomic E-state index is 12.9. The topological polar surface area (TPSA) is 0 Å². The van der Waals surface area contributed by atoms with Gasteiger partial charge in [0, 0.05) is 5.88 Å². The van der Waals surface area contributed by atoms with E-state index in [0.29, 0.717) is 5.56 Å². The van der Waals surface area contributed by atoms with Crippen LogP contribution in [0.5, 0.6) is 0 Å². The van der Waals surface area contributed by atoms with Gasteiger partial charge in [-0.1, -0.05) is 36.4 Å². The summed E-state index contributed by atoms with van der Waals surface area (Å²) in [7, 11) is 0. The second-order valence-corrected chi connectivity index (χ2v) is 4.14. The highest BCUT2D eigenvalue weighted by Gasteiger charge is 2.33. The SMILES string of the molecule is FC(F)(F)c1ccccc1-c1cccc(CCl)c1. The van der Waals surface area contributed by atoms with Gasteiger partial charge in [0.25, 0.3) is 0 Å². The number of benzene rings is 2. The molecule has 0 nitrogen and oxygen atoms in total. The number of halogens is 4. The summed E-state index contributed by atoms with van der Waals surface area (Å²) < 4.78 is 38.7. The van der Waals surface area contributed by atoms with Crippen molar-refractivity contribution in [2.24, 2.45) is 0 Å². The van der Waals surface area contributed by atoms with Crippen LogP contribution >= 0.6 is 11.6 Å². The molecule has 0 saturated carbocycles. The molecule has 0 radical (unpaired) electrons. The van der Waals surface area contributed by atoms with Gasteiger partial charge < -0.3 is 0 Å². The van der Waals surface area contributed by atoms with Crippen molar-refractivity contribution in [3.05, 3.63) is 59.7 Å². The molecule has 4 heteroatoms. The number of hydrogen-bond donors (Lipinski definition) is 0. The van der Waals surface area contributed by atoms with Gasteiger partial charge in [-0.3, -0.25) is 0 Å². The first-order valence-electron chi connectivity index (χ1n) is 5.34. The van der Waals surface area contributed by atoms with E-state index in [-0.39, 0.29) is 11.4 Å². The molecule has 0 atom stereocenters. The predicted molar refractivity (Wildman–Crippen MR) is 66.4 cm³/mol. The maximum Gasteiger partial charge on any atom is 0.417 e. The van der Waals surface area contributed by atoms with E-state index >= 15 is 0 Å². The molecule has 0 aliphatic rings. The second kappa shape index (κ2) is 5.02. The Bertz CT molecular complexity index is 547. The Labute approximate surface area is 108 Å². The molecule has 0 fully saturated rings. The largest absolute Gasteiger partial charge is 0.417 e. The highest BCUT2D eigenvalue weighted by Crippen LogP contribution is 2.37. The summed E-state index contributed by atoms with van der Waals surface area (Å²) in [6, 6.07) is 12.4. The van der Waals surface area contributed by atoms with E-state index in [2.05, 4.69) is 0 Å². The van der Waals surface area contributed by atoms with Crippen LogP contribution in [0.2, 0.25) is 0 Å². The monoisotopic (exact) mass is 270 g/mol. The van der Waals surface area contributed by atoms with Gasteiger partial charge in [-0.05, 0) is 28.8 Å². The van der Waals surface area contributed by atoms with Crippen LogP contribution in [0.4, 0.5) is 13.2 Å². The Morgan fingerprint density at radius 1 is 0.944 bits per heavy atom. The summed E-state index contributed by atoms with van der Waals surface area (Å²) in [5.41, 5.74) is 0.876. The molecule has 18 heavy (non-hydrogen) atoms. The van der Waals surface area contributed by atoms with Crippen LogP contribution in [0, 0.1) is 0 Å². The van der Waals surface area contributed by atoms with Crippen LogP contribution < -0.4 is 0 Å². The molecular formula is C14H10ClF3. The maximum atomic E-state index is 12.9. The molecule has 0 bridgehead atoms. The summed E-state index contributed by atoms with van der Waals surface area (Å²) in [5.74, 6) is 0.280. The van der Waals surface area contributed by atoms with Gasteiger partial charge in [0.15, 0.2) is 0 Å². The molecule has 0 amide bonds. The van der Waals surface area contributed by atoms with Crippen LogP contribution in [0.25, 0.3) is 11.1 Å². The molecule has 2 rings (SSSR count). The van der Waals surface area contributed by atoms with Crippen molar-refractivity contribution < 1.29 is 13.2 Å². The van der Waals surface area contributed by atoms with E-state index in [4.69, 9.17) is 11.6 Å². The molecule has 2 aromatic rings. The number of hydrogen-bond acceptors (Lipinski definition) is 0. The third kappa shape index (κ3) is 2.67. The molecule has 0 aliphatic carbocycles. The van der Waals surface area contributed by atoms with Gasteiger partial charge in [-0.2, -0.15) is 13.2 Å². The van der Waals surface area contributed by atoms with Gasteiger partial charge in [0.1, 0.15) is 0 Å². The molecule has 0 N–H and O–H groups in total. The zero-order valence-electron chi connectivity index (χ0n) is 9.34. The summed E-state index contributed by atoms with van der Waals surface area (Å²) in [6.07, 6.45) is -4.35. The Kier molecular flexibility index (Phi) is 3.62. The van der Waals surface area contributed by atoms with E-state index in [0.717, 1.165) is 11.6 Å². The lowest BCUT2D eigenvalue weighted by molar-refractivity contribution is -0.137. The highest BCUT2D eigenvalue weighted by molar-refractivity contribution is 6.17. The van der Waals surface area contributed by atoms with Crippen LogP contribution in [-0.4, -0.2) is 0 Å². The minimum absolute atomic E-state index is 0.178. The van der Waals surface area contributed by atoms with Gasteiger partial charge in [-0.15, -0.1) is 11.6 Å². The van der Waals surface area contributed by atoms with Gasteiger partial charge in [0.2, 0.25) is 0 Å². The van der Waals surface area contributed by atoms with E-state index in [9.17, 15) is 13.2 Å². The quantitative estimate of drug-likeness (QED) is 0.665. The first-order chi connectivity index (χ1) is 8.52. The summed E-state index contributed by atoms with van der Waals surface area (Å²) in [4.78, 5) is 0. The van der Waals surface area contributed by atoms with Gasteiger partial charge in [0.05, 0.1) is 5.56 Å². The van der Waals surface area contributed by atoms with Crippen molar-refractivity contribution in [2.45, 2.75) is 12.1 Å². The first kappa shape index (κ1) is 13.0. The second-order valence-electron chi connectivity index (χ2n) is 3.88. The fourth-order valence-electron chi connectivity index (χ4n) is 1.80. The van der Waals surface area contributed by atoms with E-state index < -0.39 is 11.7 Å².